The molecule has 0 amide bonds. The number of nitro groups is 1. The molecule has 3 rings (SSSR count). The molecule has 0 spiro atoms. The molecular formula is C14H17NO3. The van der Waals surface area contributed by atoms with Gasteiger partial charge in [0.1, 0.15) is 11.9 Å². The van der Waals surface area contributed by atoms with E-state index in [-0.39, 0.29) is 10.6 Å². The molecule has 0 saturated heterocycles. The van der Waals surface area contributed by atoms with Gasteiger partial charge in [0.15, 0.2) is 0 Å². The Kier molecular flexibility index (Phi) is 2.94. The van der Waals surface area contributed by atoms with Crippen molar-refractivity contribution >= 4 is 5.69 Å². The molecule has 0 radical (unpaired) electrons. The van der Waals surface area contributed by atoms with Crippen molar-refractivity contribution in [1.82, 2.24) is 0 Å². The third kappa shape index (κ3) is 2.19. The van der Waals surface area contributed by atoms with Gasteiger partial charge in [-0.25, -0.2) is 0 Å². The van der Waals surface area contributed by atoms with Gasteiger partial charge in [-0.3, -0.25) is 10.1 Å². The lowest BCUT2D eigenvalue weighted by molar-refractivity contribution is -0.384. The standard InChI is InChI=1S/C14H17NO3/c16-15(17)12-4-6-13(7-5-12)18-14-8-2-10-1-3-11(14)9-10/h4-7,10-11,14H,1-3,8-9H2/t10-,11-,14-/m1/s1. The van der Waals surface area contributed by atoms with Crippen LogP contribution in [0.4, 0.5) is 5.69 Å². The fraction of sp³-hybridized carbons (Fsp3) is 0.571. The molecule has 1 aromatic rings. The van der Waals surface area contributed by atoms with Gasteiger partial charge in [0.2, 0.25) is 0 Å². The molecule has 2 aliphatic carbocycles. The van der Waals surface area contributed by atoms with Crippen LogP contribution in [-0.4, -0.2) is 11.0 Å². The van der Waals surface area contributed by atoms with E-state index in [2.05, 4.69) is 0 Å². The maximum absolute atomic E-state index is 10.6. The summed E-state index contributed by atoms with van der Waals surface area (Å²) in [5, 5.41) is 10.6. The molecule has 4 heteroatoms. The molecule has 0 aromatic heterocycles. The number of hydrogen-bond acceptors (Lipinski definition) is 3. The van der Waals surface area contributed by atoms with E-state index >= 15 is 0 Å². The topological polar surface area (TPSA) is 52.4 Å². The normalized spacial score (nSPS) is 30.1. The van der Waals surface area contributed by atoms with Crippen LogP contribution in [0.5, 0.6) is 5.75 Å². The molecule has 4 nitrogen and oxygen atoms in total. The van der Waals surface area contributed by atoms with E-state index in [9.17, 15) is 10.1 Å². The van der Waals surface area contributed by atoms with Gasteiger partial charge in [-0.05, 0) is 49.7 Å². The highest BCUT2D eigenvalue weighted by Gasteiger charge is 2.36. The highest BCUT2D eigenvalue weighted by atomic mass is 16.6. The van der Waals surface area contributed by atoms with Crippen molar-refractivity contribution < 1.29 is 9.66 Å². The second-order valence-electron chi connectivity index (χ2n) is 5.42. The zero-order valence-electron chi connectivity index (χ0n) is 10.2. The van der Waals surface area contributed by atoms with Crippen LogP contribution in [0.25, 0.3) is 0 Å². The van der Waals surface area contributed by atoms with E-state index in [0.29, 0.717) is 12.0 Å². The van der Waals surface area contributed by atoms with Gasteiger partial charge in [-0.15, -0.1) is 0 Å². The van der Waals surface area contributed by atoms with Crippen molar-refractivity contribution in [1.29, 1.82) is 0 Å². The largest absolute Gasteiger partial charge is 0.490 e. The van der Waals surface area contributed by atoms with Gasteiger partial charge < -0.3 is 4.74 Å². The van der Waals surface area contributed by atoms with Crippen LogP contribution >= 0.6 is 0 Å². The SMILES string of the molecule is O=[N+]([O-])c1ccc(O[C@@H]2CC[C@H]3CC[C@@H]2C3)cc1. The maximum Gasteiger partial charge on any atom is 0.269 e. The zero-order valence-corrected chi connectivity index (χ0v) is 10.2. The number of nitro benzene ring substituents is 1. The van der Waals surface area contributed by atoms with E-state index in [4.69, 9.17) is 4.74 Å². The first-order valence-corrected chi connectivity index (χ1v) is 6.63. The third-order valence-corrected chi connectivity index (χ3v) is 4.30. The molecule has 3 atom stereocenters. The van der Waals surface area contributed by atoms with Crippen LogP contribution < -0.4 is 4.74 Å². The van der Waals surface area contributed by atoms with Gasteiger partial charge in [-0.2, -0.15) is 0 Å². The molecule has 0 aliphatic heterocycles. The lowest BCUT2D eigenvalue weighted by Crippen LogP contribution is -2.28. The number of non-ortho nitro benzene ring substituents is 1. The molecular weight excluding hydrogens is 230 g/mol. The summed E-state index contributed by atoms with van der Waals surface area (Å²) in [5.74, 6) is 2.38. The molecule has 0 unspecified atom stereocenters. The summed E-state index contributed by atoms with van der Waals surface area (Å²) in [7, 11) is 0. The average molecular weight is 247 g/mol. The van der Waals surface area contributed by atoms with Crippen LogP contribution in [0, 0.1) is 22.0 Å². The number of ether oxygens (including phenoxy) is 1. The number of nitrogens with zero attached hydrogens (tertiary/aromatic N) is 1. The van der Waals surface area contributed by atoms with E-state index in [1.807, 2.05) is 0 Å². The smallest absolute Gasteiger partial charge is 0.269 e. The predicted octanol–water partition coefficient (Wildman–Crippen LogP) is 3.55. The second-order valence-corrected chi connectivity index (χ2v) is 5.42. The Hall–Kier alpha value is -1.58. The molecule has 18 heavy (non-hydrogen) atoms. The van der Waals surface area contributed by atoms with Crippen molar-refractivity contribution in [2.45, 2.75) is 38.2 Å². The second kappa shape index (κ2) is 4.59. The number of benzene rings is 1. The first-order chi connectivity index (χ1) is 8.72. The molecule has 96 valence electrons. The van der Waals surface area contributed by atoms with Crippen molar-refractivity contribution in [2.24, 2.45) is 11.8 Å². The van der Waals surface area contributed by atoms with E-state index < -0.39 is 0 Å². The Morgan fingerprint density at radius 2 is 1.83 bits per heavy atom. The molecule has 1 aromatic carbocycles. The molecule has 2 aliphatic rings. The Balaban J connectivity index is 1.67. The van der Waals surface area contributed by atoms with Gasteiger partial charge in [0, 0.05) is 12.1 Å². The zero-order chi connectivity index (χ0) is 12.5. The van der Waals surface area contributed by atoms with Gasteiger partial charge in [0.25, 0.3) is 5.69 Å². The van der Waals surface area contributed by atoms with Crippen molar-refractivity contribution in [3.05, 3.63) is 34.4 Å². The maximum atomic E-state index is 10.6. The average Bonchev–Trinajstić information content (AvgIpc) is 2.76. The molecule has 0 heterocycles. The number of rotatable bonds is 3. The van der Waals surface area contributed by atoms with Crippen LogP contribution in [0.15, 0.2) is 24.3 Å². The van der Waals surface area contributed by atoms with Crippen molar-refractivity contribution in [2.75, 3.05) is 0 Å². The first-order valence-electron chi connectivity index (χ1n) is 6.63. The highest BCUT2D eigenvalue weighted by Crippen LogP contribution is 2.43. The Bertz CT molecular complexity index is 443. The Labute approximate surface area is 106 Å². The van der Waals surface area contributed by atoms with Crippen LogP contribution in [-0.2, 0) is 0 Å². The quantitative estimate of drug-likeness (QED) is 0.606. The summed E-state index contributed by atoms with van der Waals surface area (Å²) >= 11 is 0. The highest BCUT2D eigenvalue weighted by molar-refractivity contribution is 5.36. The monoisotopic (exact) mass is 247 g/mol. The van der Waals surface area contributed by atoms with Crippen molar-refractivity contribution in [3.63, 3.8) is 0 Å². The summed E-state index contributed by atoms with van der Waals surface area (Å²) in [6.45, 7) is 0. The number of fused-ring (bicyclic) bond motifs is 2. The fourth-order valence-electron chi connectivity index (χ4n) is 3.33. The fourth-order valence-corrected chi connectivity index (χ4v) is 3.33. The number of hydrogen-bond donors (Lipinski definition) is 0. The lowest BCUT2D eigenvalue weighted by Gasteiger charge is -2.29. The minimum Gasteiger partial charge on any atom is -0.490 e. The summed E-state index contributed by atoms with van der Waals surface area (Å²) in [6.07, 6.45) is 6.65. The van der Waals surface area contributed by atoms with Crippen molar-refractivity contribution in [3.8, 4) is 5.75 Å². The Morgan fingerprint density at radius 3 is 2.56 bits per heavy atom. The van der Waals surface area contributed by atoms with E-state index in [1.54, 1.807) is 12.1 Å². The Morgan fingerprint density at radius 1 is 1.11 bits per heavy atom. The lowest BCUT2D eigenvalue weighted by atomic mass is 9.87. The minimum atomic E-state index is -0.383. The van der Waals surface area contributed by atoms with Gasteiger partial charge in [0.05, 0.1) is 4.92 Å². The van der Waals surface area contributed by atoms with E-state index in [0.717, 1.165) is 18.1 Å². The third-order valence-electron chi connectivity index (χ3n) is 4.30. The summed E-state index contributed by atoms with van der Waals surface area (Å²) in [6, 6.07) is 6.43. The minimum absolute atomic E-state index is 0.118. The van der Waals surface area contributed by atoms with Crippen LogP contribution in [0.3, 0.4) is 0 Å². The van der Waals surface area contributed by atoms with Crippen LogP contribution in [0.1, 0.15) is 32.1 Å². The molecule has 2 bridgehead atoms. The van der Waals surface area contributed by atoms with Gasteiger partial charge >= 0.3 is 0 Å². The first kappa shape index (κ1) is 11.5. The predicted molar refractivity (Wildman–Crippen MR) is 67.6 cm³/mol. The van der Waals surface area contributed by atoms with E-state index in [1.165, 1.54) is 37.8 Å². The molecule has 2 fully saturated rings. The van der Waals surface area contributed by atoms with Crippen LogP contribution in [0.2, 0.25) is 0 Å². The summed E-state index contributed by atoms with van der Waals surface area (Å²) in [4.78, 5) is 10.2. The summed E-state index contributed by atoms with van der Waals surface area (Å²) < 4.78 is 6.00. The summed E-state index contributed by atoms with van der Waals surface area (Å²) in [5.41, 5.74) is 0.118. The van der Waals surface area contributed by atoms with Gasteiger partial charge in [-0.1, -0.05) is 6.42 Å². The molecule has 2 saturated carbocycles. The molecule has 0 N–H and O–H groups in total.